The molecule has 0 bridgehead atoms. The highest BCUT2D eigenvalue weighted by molar-refractivity contribution is 6.30. The van der Waals surface area contributed by atoms with E-state index in [2.05, 4.69) is 4.90 Å². The standard InChI is InChI=1S/C26H22ClNO5/c1-30-19-8-10-23(31-2)20(12-19)21-11-17-5-9-24-22(25(17)33-26(21)29)14-28(15-32-24)13-16-3-6-18(27)7-4-16/h3-12H,13-15H2,1-2H3. The van der Waals surface area contributed by atoms with Gasteiger partial charge >= 0.3 is 5.63 Å². The van der Waals surface area contributed by atoms with E-state index in [0.717, 1.165) is 22.3 Å². The van der Waals surface area contributed by atoms with Gasteiger partial charge in [0.1, 0.15) is 29.6 Å². The van der Waals surface area contributed by atoms with Crippen molar-refractivity contribution >= 4 is 22.6 Å². The van der Waals surface area contributed by atoms with Crippen molar-refractivity contribution in [3.8, 4) is 28.4 Å². The zero-order chi connectivity index (χ0) is 22.9. The fraction of sp³-hybridized carbons (Fsp3) is 0.192. The second-order valence-electron chi connectivity index (χ2n) is 7.86. The molecule has 0 fully saturated rings. The summed E-state index contributed by atoms with van der Waals surface area (Å²) in [5, 5.41) is 1.51. The van der Waals surface area contributed by atoms with Crippen molar-refractivity contribution in [3.63, 3.8) is 0 Å². The first-order valence-corrected chi connectivity index (χ1v) is 10.9. The summed E-state index contributed by atoms with van der Waals surface area (Å²) in [5.41, 5.74) is 3.09. The van der Waals surface area contributed by atoms with Crippen LogP contribution < -0.4 is 19.8 Å². The number of nitrogens with zero attached hydrogens (tertiary/aromatic N) is 1. The highest BCUT2D eigenvalue weighted by Crippen LogP contribution is 2.36. The van der Waals surface area contributed by atoms with Crippen molar-refractivity contribution in [2.75, 3.05) is 21.0 Å². The molecule has 1 aliphatic heterocycles. The first kappa shape index (κ1) is 21.4. The molecule has 5 rings (SSSR count). The Balaban J connectivity index is 1.53. The lowest BCUT2D eigenvalue weighted by atomic mass is 10.0. The SMILES string of the molecule is COc1ccc(OC)c(-c2cc3ccc4c(c3oc2=O)CN(Cc2ccc(Cl)cc2)CO4)c1. The Morgan fingerprint density at radius 1 is 0.970 bits per heavy atom. The Hall–Kier alpha value is -3.48. The number of methoxy groups -OCH3 is 2. The molecule has 1 aliphatic rings. The Kier molecular flexibility index (Phi) is 5.70. The summed E-state index contributed by atoms with van der Waals surface area (Å²) in [6.07, 6.45) is 0. The Bertz CT molecular complexity index is 1380. The van der Waals surface area contributed by atoms with Gasteiger partial charge in [0.2, 0.25) is 0 Å². The van der Waals surface area contributed by atoms with Crippen LogP contribution in [0.25, 0.3) is 22.1 Å². The zero-order valence-corrected chi connectivity index (χ0v) is 19.0. The van der Waals surface area contributed by atoms with Crippen LogP contribution in [0.1, 0.15) is 11.1 Å². The minimum absolute atomic E-state index is 0.410. The van der Waals surface area contributed by atoms with Crippen LogP contribution in [-0.2, 0) is 13.1 Å². The van der Waals surface area contributed by atoms with E-state index in [-0.39, 0.29) is 0 Å². The van der Waals surface area contributed by atoms with Gasteiger partial charge in [-0.3, -0.25) is 4.90 Å². The topological polar surface area (TPSA) is 61.1 Å². The predicted octanol–water partition coefficient (Wildman–Crippen LogP) is 5.48. The zero-order valence-electron chi connectivity index (χ0n) is 18.3. The normalized spacial score (nSPS) is 13.4. The van der Waals surface area contributed by atoms with Crippen LogP contribution in [0.4, 0.5) is 0 Å². The van der Waals surface area contributed by atoms with E-state index in [9.17, 15) is 4.79 Å². The van der Waals surface area contributed by atoms with Crippen LogP contribution in [0.3, 0.4) is 0 Å². The van der Waals surface area contributed by atoms with E-state index in [4.69, 9.17) is 30.2 Å². The molecule has 0 saturated carbocycles. The summed E-state index contributed by atoms with van der Waals surface area (Å²) in [7, 11) is 3.15. The van der Waals surface area contributed by atoms with Gasteiger partial charge in [-0.05, 0) is 54.1 Å². The lowest BCUT2D eigenvalue weighted by Crippen LogP contribution is -2.31. The number of rotatable bonds is 5. The van der Waals surface area contributed by atoms with Crippen LogP contribution in [-0.4, -0.2) is 25.9 Å². The molecular weight excluding hydrogens is 442 g/mol. The van der Waals surface area contributed by atoms with Gasteiger partial charge in [0.15, 0.2) is 0 Å². The van der Waals surface area contributed by atoms with Crippen molar-refractivity contribution < 1.29 is 18.6 Å². The molecule has 0 amide bonds. The molecule has 33 heavy (non-hydrogen) atoms. The molecule has 7 heteroatoms. The molecule has 0 unspecified atom stereocenters. The van der Waals surface area contributed by atoms with Gasteiger partial charge in [0.05, 0.1) is 25.3 Å². The van der Waals surface area contributed by atoms with E-state index in [1.54, 1.807) is 32.4 Å². The lowest BCUT2D eigenvalue weighted by Gasteiger charge is -2.29. The third kappa shape index (κ3) is 4.15. The van der Waals surface area contributed by atoms with E-state index < -0.39 is 5.63 Å². The van der Waals surface area contributed by atoms with Crippen LogP contribution >= 0.6 is 11.6 Å². The number of benzene rings is 3. The number of hydrogen-bond acceptors (Lipinski definition) is 6. The van der Waals surface area contributed by atoms with E-state index in [1.165, 1.54) is 0 Å². The van der Waals surface area contributed by atoms with Crippen molar-refractivity contribution in [2.45, 2.75) is 13.1 Å². The minimum Gasteiger partial charge on any atom is -0.497 e. The molecule has 0 radical (unpaired) electrons. The quantitative estimate of drug-likeness (QED) is 0.365. The van der Waals surface area contributed by atoms with Gasteiger partial charge in [-0.15, -0.1) is 0 Å². The van der Waals surface area contributed by atoms with Gasteiger partial charge in [-0.2, -0.15) is 0 Å². The summed E-state index contributed by atoms with van der Waals surface area (Å²) in [6.45, 7) is 1.74. The highest BCUT2D eigenvalue weighted by atomic mass is 35.5. The Labute approximate surface area is 195 Å². The van der Waals surface area contributed by atoms with E-state index in [1.807, 2.05) is 42.5 Å². The molecule has 1 aromatic heterocycles. The molecule has 0 saturated heterocycles. The summed E-state index contributed by atoms with van der Waals surface area (Å²) in [4.78, 5) is 15.2. The van der Waals surface area contributed by atoms with Crippen LogP contribution in [0, 0.1) is 0 Å². The number of ether oxygens (including phenoxy) is 3. The fourth-order valence-corrected chi connectivity index (χ4v) is 4.23. The van der Waals surface area contributed by atoms with Gasteiger partial charge in [-0.25, -0.2) is 4.79 Å². The second-order valence-corrected chi connectivity index (χ2v) is 8.30. The van der Waals surface area contributed by atoms with Gasteiger partial charge in [-0.1, -0.05) is 23.7 Å². The van der Waals surface area contributed by atoms with Crippen molar-refractivity contribution in [3.05, 3.63) is 87.2 Å². The van der Waals surface area contributed by atoms with Crippen molar-refractivity contribution in [1.29, 1.82) is 0 Å². The maximum absolute atomic E-state index is 13.1. The third-order valence-corrected chi connectivity index (χ3v) is 6.02. The van der Waals surface area contributed by atoms with E-state index in [0.29, 0.717) is 53.1 Å². The molecule has 0 N–H and O–H groups in total. The molecular formula is C26H22ClNO5. The molecule has 6 nitrogen and oxygen atoms in total. The smallest absolute Gasteiger partial charge is 0.344 e. The third-order valence-electron chi connectivity index (χ3n) is 5.76. The number of halogens is 1. The lowest BCUT2D eigenvalue weighted by molar-refractivity contribution is 0.0890. The molecule has 2 heterocycles. The molecule has 0 spiro atoms. The summed E-state index contributed by atoms with van der Waals surface area (Å²) >= 11 is 6.00. The van der Waals surface area contributed by atoms with Crippen LogP contribution in [0.5, 0.6) is 17.2 Å². The molecule has 0 atom stereocenters. The van der Waals surface area contributed by atoms with Gasteiger partial charge in [0.25, 0.3) is 0 Å². The molecule has 4 aromatic rings. The second kappa shape index (κ2) is 8.81. The number of hydrogen-bond donors (Lipinski definition) is 0. The van der Waals surface area contributed by atoms with Crippen molar-refractivity contribution in [1.82, 2.24) is 4.90 Å². The van der Waals surface area contributed by atoms with Crippen molar-refractivity contribution in [2.24, 2.45) is 0 Å². The largest absolute Gasteiger partial charge is 0.497 e. The molecule has 168 valence electrons. The van der Waals surface area contributed by atoms with Crippen LogP contribution in [0.2, 0.25) is 5.02 Å². The predicted molar refractivity (Wildman–Crippen MR) is 127 cm³/mol. The Morgan fingerprint density at radius 3 is 2.55 bits per heavy atom. The maximum Gasteiger partial charge on any atom is 0.344 e. The van der Waals surface area contributed by atoms with Gasteiger partial charge < -0.3 is 18.6 Å². The monoisotopic (exact) mass is 463 g/mol. The minimum atomic E-state index is -0.447. The maximum atomic E-state index is 13.1. The van der Waals surface area contributed by atoms with Gasteiger partial charge in [0, 0.05) is 29.1 Å². The first-order valence-electron chi connectivity index (χ1n) is 10.5. The first-order chi connectivity index (χ1) is 16.1. The van der Waals surface area contributed by atoms with Crippen LogP contribution in [0.15, 0.2) is 69.9 Å². The number of fused-ring (bicyclic) bond motifs is 3. The highest BCUT2D eigenvalue weighted by Gasteiger charge is 2.23. The molecule has 3 aromatic carbocycles. The summed E-state index contributed by atoms with van der Waals surface area (Å²) in [5.74, 6) is 1.92. The fourth-order valence-electron chi connectivity index (χ4n) is 4.10. The summed E-state index contributed by atoms with van der Waals surface area (Å²) in [6, 6.07) is 18.7. The average Bonchev–Trinajstić information content (AvgIpc) is 2.84. The Morgan fingerprint density at radius 2 is 1.79 bits per heavy atom. The summed E-state index contributed by atoms with van der Waals surface area (Å²) < 4.78 is 22.6. The van der Waals surface area contributed by atoms with E-state index >= 15 is 0 Å². The molecule has 0 aliphatic carbocycles. The average molecular weight is 464 g/mol.